The van der Waals surface area contributed by atoms with Crippen LogP contribution in [0.4, 0.5) is 0 Å². The predicted molar refractivity (Wildman–Crippen MR) is 72.1 cm³/mol. The molecule has 0 aromatic rings. The molecule has 2 atom stereocenters. The molecule has 0 saturated heterocycles. The van der Waals surface area contributed by atoms with Crippen molar-refractivity contribution < 1.29 is 14.3 Å². The van der Waals surface area contributed by atoms with Crippen LogP contribution in [0.25, 0.3) is 0 Å². The van der Waals surface area contributed by atoms with Crippen molar-refractivity contribution in [1.29, 1.82) is 0 Å². The second kappa shape index (κ2) is 5.63. The summed E-state index contributed by atoms with van der Waals surface area (Å²) in [4.78, 5) is 23.1. The van der Waals surface area contributed by atoms with Crippen molar-refractivity contribution in [2.24, 2.45) is 11.7 Å². The number of amides is 1. The lowest BCUT2D eigenvalue weighted by Crippen LogP contribution is -2.61. The Hall–Kier alpha value is -0.890. The fourth-order valence-corrected chi connectivity index (χ4v) is 2.05. The van der Waals surface area contributed by atoms with Gasteiger partial charge >= 0.3 is 5.97 Å². The van der Waals surface area contributed by atoms with Crippen LogP contribution in [-0.4, -0.2) is 24.6 Å². The maximum absolute atomic E-state index is 11.7. The van der Waals surface area contributed by atoms with Gasteiger partial charge in [-0.1, -0.05) is 13.0 Å². The molecule has 0 spiro atoms. The average molecular weight is 350 g/mol. The average Bonchev–Trinajstić information content (AvgIpc) is 2.31. The Bertz CT molecular complexity index is 392. The van der Waals surface area contributed by atoms with Crippen LogP contribution in [-0.2, 0) is 14.3 Å². The van der Waals surface area contributed by atoms with E-state index >= 15 is 0 Å². The largest absolute Gasteiger partial charge is 0.468 e. The van der Waals surface area contributed by atoms with E-state index in [1.807, 2.05) is 0 Å². The first-order chi connectivity index (χ1) is 7.92. The summed E-state index contributed by atoms with van der Waals surface area (Å²) in [6, 6.07) is 0. The molecule has 2 unspecified atom stereocenters. The number of nitrogens with one attached hydrogen (secondary N) is 1. The van der Waals surface area contributed by atoms with E-state index in [9.17, 15) is 9.59 Å². The van der Waals surface area contributed by atoms with E-state index in [0.29, 0.717) is 6.42 Å². The van der Waals surface area contributed by atoms with E-state index in [1.165, 1.54) is 7.11 Å². The summed E-state index contributed by atoms with van der Waals surface area (Å²) in [6.07, 6.45) is 5.36. The minimum atomic E-state index is -1.21. The summed E-state index contributed by atoms with van der Waals surface area (Å²) in [5, 5.41) is 2.63. The summed E-state index contributed by atoms with van der Waals surface area (Å²) >= 11 is 2.08. The van der Waals surface area contributed by atoms with Crippen LogP contribution >= 0.6 is 22.6 Å². The number of methoxy groups -OCH3 is 1. The van der Waals surface area contributed by atoms with Crippen molar-refractivity contribution in [3.8, 4) is 0 Å². The van der Waals surface area contributed by atoms with Gasteiger partial charge in [0, 0.05) is 10.0 Å². The third-order valence-corrected chi connectivity index (χ3v) is 3.21. The van der Waals surface area contributed by atoms with E-state index < -0.39 is 17.6 Å². The van der Waals surface area contributed by atoms with E-state index in [0.717, 1.165) is 3.58 Å². The smallest absolute Gasteiger partial charge is 0.316 e. The van der Waals surface area contributed by atoms with Crippen LogP contribution in [0.5, 0.6) is 0 Å². The number of rotatable bonds is 3. The fourth-order valence-electron chi connectivity index (χ4n) is 1.51. The Kier molecular flexibility index (Phi) is 4.70. The lowest BCUT2D eigenvalue weighted by Gasteiger charge is -2.34. The van der Waals surface area contributed by atoms with E-state index in [1.54, 1.807) is 25.2 Å². The first-order valence-corrected chi connectivity index (χ1v) is 6.25. The van der Waals surface area contributed by atoms with Crippen molar-refractivity contribution in [2.45, 2.75) is 19.0 Å². The number of hydrogen-bond acceptors (Lipinski definition) is 4. The molecular formula is C11H15IN2O3. The monoisotopic (exact) mass is 350 g/mol. The summed E-state index contributed by atoms with van der Waals surface area (Å²) in [6.45, 7) is 1.72. The van der Waals surface area contributed by atoms with Crippen LogP contribution < -0.4 is 11.1 Å². The fraction of sp³-hybridized carbons (Fsp3) is 0.455. The van der Waals surface area contributed by atoms with Crippen LogP contribution in [0.2, 0.25) is 0 Å². The summed E-state index contributed by atoms with van der Waals surface area (Å²) in [5.74, 6) is -1.39. The van der Waals surface area contributed by atoms with Gasteiger partial charge in [-0.3, -0.25) is 9.59 Å². The molecule has 0 aliphatic heterocycles. The third kappa shape index (κ3) is 3.29. The Balaban J connectivity index is 2.99. The molecule has 94 valence electrons. The van der Waals surface area contributed by atoms with Gasteiger partial charge in [-0.25, -0.2) is 0 Å². The second-order valence-electron chi connectivity index (χ2n) is 3.72. The molecule has 1 aliphatic carbocycles. The Morgan fingerprint density at radius 2 is 2.29 bits per heavy atom. The maximum atomic E-state index is 11.7. The van der Waals surface area contributed by atoms with Crippen LogP contribution in [0.1, 0.15) is 13.3 Å². The Morgan fingerprint density at radius 3 is 2.82 bits per heavy atom. The molecule has 0 heterocycles. The van der Waals surface area contributed by atoms with Crippen LogP contribution in [0.3, 0.4) is 0 Å². The summed E-state index contributed by atoms with van der Waals surface area (Å²) in [5.41, 5.74) is 4.84. The number of carbonyl (C=O) groups excluding carboxylic acids is 2. The number of hydrogen-bond donors (Lipinski definition) is 2. The molecular weight excluding hydrogens is 335 g/mol. The van der Waals surface area contributed by atoms with Gasteiger partial charge in [-0.05, 0) is 34.7 Å². The molecule has 0 bridgehead atoms. The molecule has 0 aromatic carbocycles. The zero-order valence-corrected chi connectivity index (χ0v) is 11.9. The number of allylic oxidation sites excluding steroid dienone is 2. The van der Waals surface area contributed by atoms with Gasteiger partial charge in [0.15, 0.2) is 0 Å². The molecule has 0 aromatic heterocycles. The molecule has 5 nitrogen and oxygen atoms in total. The number of carbonyl (C=O) groups is 2. The van der Waals surface area contributed by atoms with Crippen LogP contribution in [0.15, 0.2) is 21.8 Å². The molecule has 1 amide bonds. The summed E-state index contributed by atoms with van der Waals surface area (Å²) in [7, 11) is 1.30. The van der Waals surface area contributed by atoms with Gasteiger partial charge in [-0.2, -0.15) is 0 Å². The first-order valence-electron chi connectivity index (χ1n) is 5.17. The SMILES string of the molecule is CCC(=O)NC1(N)C=CC(I)=CC1C(=O)OC. The van der Waals surface area contributed by atoms with Gasteiger partial charge in [0.2, 0.25) is 5.91 Å². The molecule has 0 radical (unpaired) electrons. The van der Waals surface area contributed by atoms with Gasteiger partial charge < -0.3 is 15.8 Å². The Morgan fingerprint density at radius 1 is 1.65 bits per heavy atom. The maximum Gasteiger partial charge on any atom is 0.316 e. The quantitative estimate of drug-likeness (QED) is 0.449. The number of esters is 1. The lowest BCUT2D eigenvalue weighted by molar-refractivity contribution is -0.146. The highest BCUT2D eigenvalue weighted by Crippen LogP contribution is 2.27. The zero-order chi connectivity index (χ0) is 13.1. The van der Waals surface area contributed by atoms with Gasteiger partial charge in [-0.15, -0.1) is 0 Å². The highest BCUT2D eigenvalue weighted by molar-refractivity contribution is 14.1. The van der Waals surface area contributed by atoms with Crippen molar-refractivity contribution in [2.75, 3.05) is 7.11 Å². The van der Waals surface area contributed by atoms with Crippen molar-refractivity contribution in [3.05, 3.63) is 21.8 Å². The van der Waals surface area contributed by atoms with Crippen LogP contribution in [0, 0.1) is 5.92 Å². The first kappa shape index (κ1) is 14.2. The van der Waals surface area contributed by atoms with Gasteiger partial charge in [0.05, 0.1) is 7.11 Å². The normalized spacial score (nSPS) is 27.3. The Labute approximate surface area is 114 Å². The molecule has 1 aliphatic rings. The number of halogens is 1. The van der Waals surface area contributed by atoms with Crippen molar-refractivity contribution in [1.82, 2.24) is 5.32 Å². The number of nitrogens with two attached hydrogens (primary N) is 1. The predicted octanol–water partition coefficient (Wildman–Crippen LogP) is 0.846. The second-order valence-corrected chi connectivity index (χ2v) is 4.97. The third-order valence-electron chi connectivity index (χ3n) is 2.49. The highest BCUT2D eigenvalue weighted by atomic mass is 127. The van der Waals surface area contributed by atoms with Gasteiger partial charge in [0.25, 0.3) is 0 Å². The molecule has 17 heavy (non-hydrogen) atoms. The summed E-state index contributed by atoms with van der Waals surface area (Å²) < 4.78 is 5.58. The molecule has 3 N–H and O–H groups in total. The zero-order valence-electron chi connectivity index (χ0n) is 9.70. The molecule has 6 heteroatoms. The van der Waals surface area contributed by atoms with Crippen molar-refractivity contribution in [3.63, 3.8) is 0 Å². The standard InChI is InChI=1S/C11H15IN2O3/c1-3-9(15)14-11(13)5-4-7(12)6-8(11)10(16)17-2/h4-6,8H,3,13H2,1-2H3,(H,14,15). The lowest BCUT2D eigenvalue weighted by atomic mass is 9.88. The minimum Gasteiger partial charge on any atom is -0.468 e. The number of ether oxygens (including phenoxy) is 1. The van der Waals surface area contributed by atoms with Gasteiger partial charge in [0.1, 0.15) is 11.6 Å². The van der Waals surface area contributed by atoms with Crippen molar-refractivity contribution >= 4 is 34.5 Å². The molecule has 0 saturated carbocycles. The molecule has 1 rings (SSSR count). The van der Waals surface area contributed by atoms with E-state index in [4.69, 9.17) is 10.5 Å². The minimum absolute atomic E-state index is 0.212. The topological polar surface area (TPSA) is 81.4 Å². The van der Waals surface area contributed by atoms with E-state index in [-0.39, 0.29) is 5.91 Å². The highest BCUT2D eigenvalue weighted by Gasteiger charge is 2.40. The molecule has 0 fully saturated rings. The van der Waals surface area contributed by atoms with E-state index in [2.05, 4.69) is 27.9 Å².